The SMILES string of the molecule is CCc1ccc(C(CO)NC2CCCCC2)s1. The van der Waals surface area contributed by atoms with Crippen LogP contribution in [0.1, 0.15) is 54.8 Å². The van der Waals surface area contributed by atoms with Crippen LogP contribution in [0.3, 0.4) is 0 Å². The molecule has 0 amide bonds. The van der Waals surface area contributed by atoms with Gasteiger partial charge in [-0.3, -0.25) is 0 Å². The monoisotopic (exact) mass is 253 g/mol. The van der Waals surface area contributed by atoms with Crippen LogP contribution in [0.4, 0.5) is 0 Å². The van der Waals surface area contributed by atoms with E-state index in [-0.39, 0.29) is 12.6 Å². The lowest BCUT2D eigenvalue weighted by atomic mass is 9.95. The van der Waals surface area contributed by atoms with Crippen LogP contribution in [0, 0.1) is 0 Å². The molecule has 1 aliphatic rings. The van der Waals surface area contributed by atoms with Crippen molar-refractivity contribution in [3.8, 4) is 0 Å². The maximum atomic E-state index is 9.54. The topological polar surface area (TPSA) is 32.3 Å². The summed E-state index contributed by atoms with van der Waals surface area (Å²) in [4.78, 5) is 2.69. The Balaban J connectivity index is 1.95. The standard InChI is InChI=1S/C14H23NOS/c1-2-12-8-9-14(17-12)13(10-16)15-11-6-4-3-5-7-11/h8-9,11,13,15-16H,2-7,10H2,1H3. The highest BCUT2D eigenvalue weighted by Crippen LogP contribution is 2.26. The lowest BCUT2D eigenvalue weighted by Gasteiger charge is -2.27. The number of aliphatic hydroxyl groups is 1. The second-order valence-electron chi connectivity index (χ2n) is 4.89. The summed E-state index contributed by atoms with van der Waals surface area (Å²) < 4.78 is 0. The summed E-state index contributed by atoms with van der Waals surface area (Å²) in [6, 6.07) is 5.10. The molecule has 1 aromatic rings. The van der Waals surface area contributed by atoms with Gasteiger partial charge in [0.25, 0.3) is 0 Å². The van der Waals surface area contributed by atoms with Crippen molar-refractivity contribution in [3.63, 3.8) is 0 Å². The van der Waals surface area contributed by atoms with Crippen molar-refractivity contribution >= 4 is 11.3 Å². The quantitative estimate of drug-likeness (QED) is 0.844. The first kappa shape index (κ1) is 13.1. The fourth-order valence-corrected chi connectivity index (χ4v) is 3.55. The van der Waals surface area contributed by atoms with E-state index in [0.29, 0.717) is 6.04 Å². The molecule has 0 radical (unpaired) electrons. The Kier molecular flexibility index (Phi) is 5.01. The highest BCUT2D eigenvalue weighted by atomic mass is 32.1. The van der Waals surface area contributed by atoms with Crippen LogP contribution in [-0.2, 0) is 6.42 Å². The molecule has 1 heterocycles. The van der Waals surface area contributed by atoms with Crippen LogP contribution in [0.25, 0.3) is 0 Å². The Morgan fingerprint density at radius 2 is 2.12 bits per heavy atom. The summed E-state index contributed by atoms with van der Waals surface area (Å²) >= 11 is 1.83. The van der Waals surface area contributed by atoms with Crippen LogP contribution in [0.2, 0.25) is 0 Å². The van der Waals surface area contributed by atoms with E-state index in [0.717, 1.165) is 6.42 Å². The van der Waals surface area contributed by atoms with Gasteiger partial charge >= 0.3 is 0 Å². The molecule has 0 saturated heterocycles. The zero-order valence-corrected chi connectivity index (χ0v) is 11.4. The normalized spacial score (nSPS) is 19.4. The van der Waals surface area contributed by atoms with E-state index in [1.165, 1.54) is 41.9 Å². The molecule has 0 aromatic carbocycles. The Labute approximate surface area is 108 Å². The molecular weight excluding hydrogens is 230 g/mol. The first-order valence-corrected chi connectivity index (χ1v) is 7.60. The molecule has 17 heavy (non-hydrogen) atoms. The number of rotatable bonds is 5. The van der Waals surface area contributed by atoms with Crippen molar-refractivity contribution in [1.82, 2.24) is 5.32 Å². The van der Waals surface area contributed by atoms with Gasteiger partial charge in [-0.2, -0.15) is 0 Å². The van der Waals surface area contributed by atoms with Crippen molar-refractivity contribution in [2.75, 3.05) is 6.61 Å². The largest absolute Gasteiger partial charge is 0.394 e. The first-order valence-electron chi connectivity index (χ1n) is 6.79. The second kappa shape index (κ2) is 6.53. The van der Waals surface area contributed by atoms with Crippen molar-refractivity contribution in [2.24, 2.45) is 0 Å². The lowest BCUT2D eigenvalue weighted by Crippen LogP contribution is -2.35. The number of aliphatic hydroxyl groups excluding tert-OH is 1. The predicted octanol–water partition coefficient (Wildman–Crippen LogP) is 3.27. The van der Waals surface area contributed by atoms with Crippen molar-refractivity contribution in [3.05, 3.63) is 21.9 Å². The average molecular weight is 253 g/mol. The fourth-order valence-electron chi connectivity index (χ4n) is 2.55. The molecule has 0 aliphatic heterocycles. The van der Waals surface area contributed by atoms with Gasteiger partial charge in [0.05, 0.1) is 12.6 Å². The summed E-state index contributed by atoms with van der Waals surface area (Å²) in [5.74, 6) is 0. The predicted molar refractivity (Wildman–Crippen MR) is 73.5 cm³/mol. The Hall–Kier alpha value is -0.380. The summed E-state index contributed by atoms with van der Waals surface area (Å²) in [6.45, 7) is 2.39. The maximum absolute atomic E-state index is 9.54. The van der Waals surface area contributed by atoms with E-state index in [4.69, 9.17) is 0 Å². The zero-order chi connectivity index (χ0) is 12.1. The third kappa shape index (κ3) is 3.54. The van der Waals surface area contributed by atoms with Crippen LogP contribution >= 0.6 is 11.3 Å². The smallest absolute Gasteiger partial charge is 0.0652 e. The molecule has 2 N–H and O–H groups in total. The Morgan fingerprint density at radius 3 is 2.71 bits per heavy atom. The van der Waals surface area contributed by atoms with Gasteiger partial charge in [-0.15, -0.1) is 11.3 Å². The molecule has 3 heteroatoms. The van der Waals surface area contributed by atoms with Crippen LogP contribution in [0.15, 0.2) is 12.1 Å². The van der Waals surface area contributed by atoms with E-state index < -0.39 is 0 Å². The van der Waals surface area contributed by atoms with Gasteiger partial charge in [-0.25, -0.2) is 0 Å². The van der Waals surface area contributed by atoms with Gasteiger partial charge in [0.2, 0.25) is 0 Å². The van der Waals surface area contributed by atoms with Gasteiger partial charge in [-0.1, -0.05) is 26.2 Å². The third-order valence-corrected chi connectivity index (χ3v) is 4.94. The summed E-state index contributed by atoms with van der Waals surface area (Å²) in [5, 5.41) is 13.2. The van der Waals surface area contributed by atoms with Gasteiger partial charge in [-0.05, 0) is 31.4 Å². The van der Waals surface area contributed by atoms with Crippen LogP contribution in [0.5, 0.6) is 0 Å². The molecule has 0 spiro atoms. The molecule has 1 saturated carbocycles. The minimum absolute atomic E-state index is 0.142. The fraction of sp³-hybridized carbons (Fsp3) is 0.714. The summed E-state index contributed by atoms with van der Waals surface area (Å²) in [7, 11) is 0. The average Bonchev–Trinajstić information content (AvgIpc) is 2.86. The third-order valence-electron chi connectivity index (χ3n) is 3.60. The molecule has 1 fully saturated rings. The van der Waals surface area contributed by atoms with Crippen molar-refractivity contribution in [2.45, 2.75) is 57.5 Å². The van der Waals surface area contributed by atoms with Gasteiger partial charge in [0.15, 0.2) is 0 Å². The van der Waals surface area contributed by atoms with E-state index in [1.807, 2.05) is 11.3 Å². The molecule has 1 unspecified atom stereocenters. The minimum atomic E-state index is 0.142. The van der Waals surface area contributed by atoms with E-state index >= 15 is 0 Å². The number of aryl methyl sites for hydroxylation is 1. The molecule has 0 bridgehead atoms. The van der Waals surface area contributed by atoms with E-state index in [2.05, 4.69) is 24.4 Å². The Bertz CT molecular complexity index is 331. The summed E-state index contributed by atoms with van der Waals surface area (Å²) in [6.07, 6.45) is 7.67. The highest BCUT2D eigenvalue weighted by Gasteiger charge is 2.19. The maximum Gasteiger partial charge on any atom is 0.0652 e. The number of hydrogen-bond acceptors (Lipinski definition) is 3. The number of hydrogen-bond donors (Lipinski definition) is 2. The van der Waals surface area contributed by atoms with Crippen LogP contribution in [-0.4, -0.2) is 17.8 Å². The van der Waals surface area contributed by atoms with Gasteiger partial charge < -0.3 is 10.4 Å². The molecule has 96 valence electrons. The van der Waals surface area contributed by atoms with E-state index in [1.54, 1.807) is 0 Å². The highest BCUT2D eigenvalue weighted by molar-refractivity contribution is 7.12. The van der Waals surface area contributed by atoms with Gasteiger partial charge in [0, 0.05) is 15.8 Å². The Morgan fingerprint density at radius 1 is 1.35 bits per heavy atom. The molecule has 1 atom stereocenters. The first-order chi connectivity index (χ1) is 8.33. The molecule has 2 nitrogen and oxygen atoms in total. The molecule has 1 aromatic heterocycles. The van der Waals surface area contributed by atoms with Crippen LogP contribution < -0.4 is 5.32 Å². The van der Waals surface area contributed by atoms with E-state index in [9.17, 15) is 5.11 Å². The van der Waals surface area contributed by atoms with Crippen molar-refractivity contribution < 1.29 is 5.11 Å². The summed E-state index contributed by atoms with van der Waals surface area (Å²) in [5.41, 5.74) is 0. The molecular formula is C14H23NOS. The lowest BCUT2D eigenvalue weighted by molar-refractivity contribution is 0.222. The second-order valence-corrected chi connectivity index (χ2v) is 6.09. The number of nitrogens with one attached hydrogen (secondary N) is 1. The molecule has 1 aliphatic carbocycles. The number of thiophene rings is 1. The minimum Gasteiger partial charge on any atom is -0.394 e. The van der Waals surface area contributed by atoms with Gasteiger partial charge in [0.1, 0.15) is 0 Å². The zero-order valence-electron chi connectivity index (χ0n) is 10.6. The molecule has 2 rings (SSSR count). The van der Waals surface area contributed by atoms with Crippen molar-refractivity contribution in [1.29, 1.82) is 0 Å².